The summed E-state index contributed by atoms with van der Waals surface area (Å²) >= 11 is 0. The Kier molecular flexibility index (Phi) is 4.93. The Labute approximate surface area is 160 Å². The van der Waals surface area contributed by atoms with Crippen molar-refractivity contribution in [1.29, 1.82) is 0 Å². The molecule has 2 aliphatic heterocycles. The Morgan fingerprint density at radius 1 is 0.857 bits per heavy atom. The van der Waals surface area contributed by atoms with Crippen LogP contribution in [0.1, 0.15) is 11.1 Å². The minimum Gasteiger partial charge on any atom is -0.297 e. The lowest BCUT2D eigenvalue weighted by molar-refractivity contribution is -0.140. The van der Waals surface area contributed by atoms with Crippen molar-refractivity contribution in [2.75, 3.05) is 19.6 Å². The predicted molar refractivity (Wildman–Crippen MR) is 95.4 cm³/mol. The average molecular weight is 388 g/mol. The molecule has 2 atom stereocenters. The van der Waals surface area contributed by atoms with E-state index < -0.39 is 29.3 Å². The van der Waals surface area contributed by atoms with Gasteiger partial charge >= 0.3 is 0 Å². The van der Waals surface area contributed by atoms with Gasteiger partial charge in [0.1, 0.15) is 0 Å². The molecular weight excluding hydrogens is 369 g/mol. The fraction of sp³-hybridized carbons (Fsp3) is 0.333. The molecule has 2 aromatic rings. The van der Waals surface area contributed by atoms with Crippen LogP contribution in [0.2, 0.25) is 0 Å². The first kappa shape index (κ1) is 18.7. The first-order valence-corrected chi connectivity index (χ1v) is 9.19. The molecule has 28 heavy (non-hydrogen) atoms. The van der Waals surface area contributed by atoms with Crippen molar-refractivity contribution in [3.8, 4) is 0 Å². The van der Waals surface area contributed by atoms with Crippen molar-refractivity contribution in [1.82, 2.24) is 9.80 Å². The van der Waals surface area contributed by atoms with Gasteiger partial charge in [-0.3, -0.25) is 19.4 Å². The van der Waals surface area contributed by atoms with E-state index in [1.54, 1.807) is 0 Å². The lowest BCUT2D eigenvalue weighted by Gasteiger charge is -2.20. The van der Waals surface area contributed by atoms with Gasteiger partial charge < -0.3 is 0 Å². The van der Waals surface area contributed by atoms with Crippen LogP contribution in [0.15, 0.2) is 42.5 Å². The third kappa shape index (κ3) is 3.42. The third-order valence-electron chi connectivity index (χ3n) is 5.48. The summed E-state index contributed by atoms with van der Waals surface area (Å²) in [7, 11) is 0. The lowest BCUT2D eigenvalue weighted by Crippen LogP contribution is -2.37. The molecule has 4 nitrogen and oxygen atoms in total. The van der Waals surface area contributed by atoms with E-state index >= 15 is 0 Å². The highest BCUT2D eigenvalue weighted by atomic mass is 19.2. The Bertz CT molecular complexity index is 872. The molecule has 2 heterocycles. The van der Waals surface area contributed by atoms with Crippen LogP contribution in [0.3, 0.4) is 0 Å². The zero-order valence-electron chi connectivity index (χ0n) is 15.1. The van der Waals surface area contributed by atoms with Crippen molar-refractivity contribution in [2.45, 2.75) is 13.0 Å². The second-order valence-corrected chi connectivity index (χ2v) is 7.34. The predicted octanol–water partition coefficient (Wildman–Crippen LogP) is 2.76. The SMILES string of the molecule is O=C1[C@H]2CN(Cc3cc(F)c(F)c(F)c3)C[C@H]2C(=O)N1CCc1ccccc1. The number of carbonyl (C=O) groups is 2. The molecule has 7 heteroatoms. The van der Waals surface area contributed by atoms with E-state index in [1.807, 2.05) is 35.2 Å². The molecule has 2 aromatic carbocycles. The monoisotopic (exact) mass is 388 g/mol. The van der Waals surface area contributed by atoms with Crippen LogP contribution >= 0.6 is 0 Å². The number of nitrogens with zero attached hydrogens (tertiary/aromatic N) is 2. The van der Waals surface area contributed by atoms with Gasteiger partial charge in [0.15, 0.2) is 17.5 Å². The van der Waals surface area contributed by atoms with Crippen LogP contribution in [0.5, 0.6) is 0 Å². The fourth-order valence-electron chi connectivity index (χ4n) is 4.09. The van der Waals surface area contributed by atoms with E-state index in [2.05, 4.69) is 0 Å². The van der Waals surface area contributed by atoms with E-state index in [1.165, 1.54) is 4.90 Å². The Morgan fingerprint density at radius 3 is 2.00 bits per heavy atom. The van der Waals surface area contributed by atoms with Gasteiger partial charge in [0, 0.05) is 26.2 Å². The highest BCUT2D eigenvalue weighted by Crippen LogP contribution is 2.34. The van der Waals surface area contributed by atoms with Crippen molar-refractivity contribution >= 4 is 11.8 Å². The average Bonchev–Trinajstić information content (AvgIpc) is 3.18. The standard InChI is InChI=1S/C21H19F3N2O2/c22-17-8-14(9-18(23)19(17)24)10-25-11-15-16(12-25)21(28)26(20(15)27)7-6-13-4-2-1-3-5-13/h1-5,8-9,15-16H,6-7,10-12H2/t15-,16+. The van der Waals surface area contributed by atoms with Crippen LogP contribution in [0, 0.1) is 29.3 Å². The summed E-state index contributed by atoms with van der Waals surface area (Å²) in [5, 5.41) is 0. The summed E-state index contributed by atoms with van der Waals surface area (Å²) in [5.74, 6) is -5.23. The highest BCUT2D eigenvalue weighted by molar-refractivity contribution is 6.05. The van der Waals surface area contributed by atoms with Crippen molar-refractivity contribution in [3.05, 3.63) is 71.0 Å². The molecule has 2 fully saturated rings. The minimum atomic E-state index is -1.50. The third-order valence-corrected chi connectivity index (χ3v) is 5.48. The topological polar surface area (TPSA) is 40.6 Å². The molecule has 0 radical (unpaired) electrons. The summed E-state index contributed by atoms with van der Waals surface area (Å²) in [6, 6.07) is 11.5. The number of amides is 2. The first-order chi connectivity index (χ1) is 13.4. The Morgan fingerprint density at radius 2 is 1.43 bits per heavy atom. The van der Waals surface area contributed by atoms with Gasteiger partial charge in [-0.2, -0.15) is 0 Å². The molecule has 2 aliphatic rings. The molecular formula is C21H19F3N2O2. The van der Waals surface area contributed by atoms with Crippen LogP contribution in [-0.4, -0.2) is 41.2 Å². The number of halogens is 3. The zero-order chi connectivity index (χ0) is 19.8. The molecule has 0 saturated carbocycles. The molecule has 0 spiro atoms. The van der Waals surface area contributed by atoms with Gasteiger partial charge in [-0.15, -0.1) is 0 Å². The number of hydrogen-bond acceptors (Lipinski definition) is 3. The van der Waals surface area contributed by atoms with Gasteiger partial charge in [-0.1, -0.05) is 30.3 Å². The van der Waals surface area contributed by atoms with Crippen LogP contribution in [0.25, 0.3) is 0 Å². The maximum Gasteiger partial charge on any atom is 0.234 e. The molecule has 0 aromatic heterocycles. The Hall–Kier alpha value is -2.67. The second-order valence-electron chi connectivity index (χ2n) is 7.34. The lowest BCUT2D eigenvalue weighted by atomic mass is 10.00. The summed E-state index contributed by atoms with van der Waals surface area (Å²) in [5.41, 5.74) is 1.33. The molecule has 0 aliphatic carbocycles. The summed E-state index contributed by atoms with van der Waals surface area (Å²) in [4.78, 5) is 28.5. The molecule has 146 valence electrons. The van der Waals surface area contributed by atoms with E-state index in [0.717, 1.165) is 17.7 Å². The smallest absolute Gasteiger partial charge is 0.234 e. The fourth-order valence-corrected chi connectivity index (χ4v) is 4.09. The maximum absolute atomic E-state index is 13.4. The van der Waals surface area contributed by atoms with E-state index in [9.17, 15) is 22.8 Å². The van der Waals surface area contributed by atoms with Gasteiger partial charge in [-0.25, -0.2) is 13.2 Å². The number of likely N-dealkylation sites (tertiary alicyclic amines) is 2. The maximum atomic E-state index is 13.4. The molecule has 0 bridgehead atoms. The van der Waals surface area contributed by atoms with Gasteiger partial charge in [0.25, 0.3) is 0 Å². The van der Waals surface area contributed by atoms with Gasteiger partial charge in [-0.05, 0) is 29.7 Å². The number of hydrogen-bond donors (Lipinski definition) is 0. The van der Waals surface area contributed by atoms with Crippen LogP contribution in [0.4, 0.5) is 13.2 Å². The van der Waals surface area contributed by atoms with E-state index in [0.29, 0.717) is 26.1 Å². The van der Waals surface area contributed by atoms with Crippen LogP contribution in [-0.2, 0) is 22.6 Å². The normalized spacial score (nSPS) is 22.2. The Balaban J connectivity index is 1.39. The highest BCUT2D eigenvalue weighted by Gasteiger charge is 2.51. The van der Waals surface area contributed by atoms with E-state index in [-0.39, 0.29) is 23.9 Å². The quantitative estimate of drug-likeness (QED) is 0.584. The number of rotatable bonds is 5. The largest absolute Gasteiger partial charge is 0.297 e. The van der Waals surface area contributed by atoms with E-state index in [4.69, 9.17) is 0 Å². The number of carbonyl (C=O) groups excluding carboxylic acids is 2. The second kappa shape index (κ2) is 7.39. The summed E-state index contributed by atoms with van der Waals surface area (Å²) in [6.45, 7) is 1.20. The first-order valence-electron chi connectivity index (χ1n) is 9.19. The number of imide groups is 1. The van der Waals surface area contributed by atoms with Crippen molar-refractivity contribution in [3.63, 3.8) is 0 Å². The molecule has 0 unspecified atom stereocenters. The minimum absolute atomic E-state index is 0.158. The molecule has 2 amide bonds. The molecule has 4 rings (SSSR count). The van der Waals surface area contributed by atoms with Crippen LogP contribution < -0.4 is 0 Å². The van der Waals surface area contributed by atoms with Gasteiger partial charge in [0.05, 0.1) is 11.8 Å². The number of benzene rings is 2. The molecule has 0 N–H and O–H groups in total. The van der Waals surface area contributed by atoms with Crippen molar-refractivity contribution < 1.29 is 22.8 Å². The zero-order valence-corrected chi connectivity index (χ0v) is 15.1. The van der Waals surface area contributed by atoms with Crippen molar-refractivity contribution in [2.24, 2.45) is 11.8 Å². The summed E-state index contributed by atoms with van der Waals surface area (Å²) in [6.07, 6.45) is 0.607. The summed E-state index contributed by atoms with van der Waals surface area (Å²) < 4.78 is 39.9. The van der Waals surface area contributed by atoms with Gasteiger partial charge in [0.2, 0.25) is 11.8 Å². The molecule has 2 saturated heterocycles. The number of fused-ring (bicyclic) bond motifs is 1.